The average molecular weight is 174 g/mol. The minimum Gasteiger partial charge on any atom is -0.0776 e. The number of hydrogen-bond donors (Lipinski definition) is 0. The minimum absolute atomic E-state index is 0. The van der Waals surface area contributed by atoms with Gasteiger partial charge in [0.25, 0.3) is 0 Å². The summed E-state index contributed by atoms with van der Waals surface area (Å²) in [6.07, 6.45) is 8.93. The fourth-order valence-electron chi connectivity index (χ4n) is 1.60. The van der Waals surface area contributed by atoms with Crippen LogP contribution in [-0.2, 0) is 0 Å². The largest absolute Gasteiger partial charge is 0.0776 e. The van der Waals surface area contributed by atoms with Crippen LogP contribution in [0.25, 0.3) is 0 Å². The first-order valence-corrected chi connectivity index (χ1v) is 4.93. The van der Waals surface area contributed by atoms with Crippen LogP contribution in [0.2, 0.25) is 0 Å². The molecule has 0 heteroatoms. The maximum atomic E-state index is 2.32. The Morgan fingerprint density at radius 2 is 1.33 bits per heavy atom. The van der Waals surface area contributed by atoms with Crippen LogP contribution >= 0.6 is 0 Å². The summed E-state index contributed by atoms with van der Waals surface area (Å²) in [5, 5.41) is 0. The summed E-state index contributed by atoms with van der Waals surface area (Å²) in [5.41, 5.74) is 0. The highest BCUT2D eigenvalue weighted by atomic mass is 14.2. The summed E-state index contributed by atoms with van der Waals surface area (Å²) in [6, 6.07) is 0. The highest BCUT2D eigenvalue weighted by molar-refractivity contribution is 4.63. The molecule has 12 heavy (non-hydrogen) atoms. The van der Waals surface area contributed by atoms with E-state index in [2.05, 4.69) is 6.92 Å². The molecule has 0 saturated heterocycles. The molecule has 78 valence electrons. The van der Waals surface area contributed by atoms with Gasteiger partial charge in [-0.1, -0.05) is 74.1 Å². The zero-order valence-corrected chi connectivity index (χ0v) is 7.82. The lowest BCUT2D eigenvalue weighted by Crippen LogP contribution is -2.03. The van der Waals surface area contributed by atoms with Crippen LogP contribution in [0, 0.1) is 5.92 Å². The van der Waals surface area contributed by atoms with E-state index in [-0.39, 0.29) is 14.9 Å². The predicted octanol–water partition coefficient (Wildman–Crippen LogP) is 5.28. The molecule has 0 atom stereocenters. The van der Waals surface area contributed by atoms with Crippen molar-refractivity contribution in [2.24, 2.45) is 5.92 Å². The molecule has 1 aliphatic carbocycles. The van der Waals surface area contributed by atoms with Crippen LogP contribution in [0.3, 0.4) is 0 Å². The van der Waals surface area contributed by atoms with Crippen LogP contribution in [0.4, 0.5) is 0 Å². The van der Waals surface area contributed by atoms with Crippen molar-refractivity contribution in [1.29, 1.82) is 0 Å². The van der Waals surface area contributed by atoms with E-state index in [4.69, 9.17) is 0 Å². The zero-order valence-electron chi connectivity index (χ0n) is 7.82. The summed E-state index contributed by atoms with van der Waals surface area (Å²) in [7, 11) is 0. The van der Waals surface area contributed by atoms with Crippen molar-refractivity contribution in [3.8, 4) is 0 Å². The van der Waals surface area contributed by atoms with Crippen molar-refractivity contribution in [1.82, 2.24) is 0 Å². The van der Waals surface area contributed by atoms with Gasteiger partial charge in [0, 0.05) is 0 Å². The maximum Gasteiger partial charge on any atom is -0.0417 e. The normalized spacial score (nSPS) is 16.2. The molecule has 0 heterocycles. The fourth-order valence-corrected chi connectivity index (χ4v) is 1.60. The Hall–Kier alpha value is 0. The Labute approximate surface area is 80.8 Å². The topological polar surface area (TPSA) is 0 Å². The third-order valence-electron chi connectivity index (χ3n) is 2.30. The second kappa shape index (κ2) is 13.6. The second-order valence-electron chi connectivity index (χ2n) is 2.91. The van der Waals surface area contributed by atoms with Crippen molar-refractivity contribution in [2.45, 2.75) is 74.1 Å². The molecule has 0 aliphatic heterocycles. The Balaban J connectivity index is -0.000000189. The van der Waals surface area contributed by atoms with Crippen LogP contribution < -0.4 is 0 Å². The summed E-state index contributed by atoms with van der Waals surface area (Å²) < 4.78 is 0. The van der Waals surface area contributed by atoms with Gasteiger partial charge in [-0.3, -0.25) is 0 Å². The van der Waals surface area contributed by atoms with Crippen molar-refractivity contribution >= 4 is 0 Å². The first-order chi connectivity index (χ1) is 4.93. The van der Waals surface area contributed by atoms with Gasteiger partial charge < -0.3 is 0 Å². The van der Waals surface area contributed by atoms with Gasteiger partial charge >= 0.3 is 0 Å². The molecule has 0 amide bonds. The lowest BCUT2D eigenvalue weighted by Gasteiger charge is -2.18. The molecular formula is C12H30. The van der Waals surface area contributed by atoms with E-state index >= 15 is 0 Å². The summed E-state index contributed by atoms with van der Waals surface area (Å²) in [6.45, 7) is 6.32. The lowest BCUT2D eigenvalue weighted by molar-refractivity contribution is 0.349. The quantitative estimate of drug-likeness (QED) is 0.507. The predicted molar refractivity (Wildman–Crippen MR) is 61.7 cm³/mol. The Kier molecular flexibility index (Phi) is 20.3. The molecule has 0 radical (unpaired) electrons. The van der Waals surface area contributed by atoms with E-state index in [0.29, 0.717) is 0 Å². The monoisotopic (exact) mass is 174 g/mol. The smallest absolute Gasteiger partial charge is 0.0417 e. The molecule has 0 unspecified atom stereocenters. The van der Waals surface area contributed by atoms with E-state index in [0.717, 1.165) is 5.92 Å². The van der Waals surface area contributed by atoms with E-state index in [9.17, 15) is 0 Å². The molecule has 0 bridgehead atoms. The Bertz CT molecular complexity index is 51.1. The van der Waals surface area contributed by atoms with Crippen molar-refractivity contribution in [3.05, 3.63) is 0 Å². The molecule has 0 spiro atoms. The van der Waals surface area contributed by atoms with Gasteiger partial charge in [-0.25, -0.2) is 0 Å². The standard InChI is InChI=1S/C8H16.C2H6.2CH4/c1-2-8-6-4-3-5-7-8;1-2;;/h8H,2-7H2,1H3;1-2H3;2*1H4. The van der Waals surface area contributed by atoms with Crippen molar-refractivity contribution in [3.63, 3.8) is 0 Å². The Morgan fingerprint density at radius 3 is 1.58 bits per heavy atom. The summed E-state index contributed by atoms with van der Waals surface area (Å²) >= 11 is 0. The lowest BCUT2D eigenvalue weighted by atomic mass is 9.88. The van der Waals surface area contributed by atoms with Crippen molar-refractivity contribution in [2.75, 3.05) is 0 Å². The maximum absolute atomic E-state index is 2.32. The SMILES string of the molecule is C.C.CC.CCC1CCCCC1. The van der Waals surface area contributed by atoms with Gasteiger partial charge in [-0.2, -0.15) is 0 Å². The molecule has 0 N–H and O–H groups in total. The molecule has 0 aromatic heterocycles. The molecule has 0 nitrogen and oxygen atoms in total. The van der Waals surface area contributed by atoms with Gasteiger partial charge in [-0.05, 0) is 5.92 Å². The van der Waals surface area contributed by atoms with Gasteiger partial charge in [0.1, 0.15) is 0 Å². The third kappa shape index (κ3) is 8.10. The van der Waals surface area contributed by atoms with Gasteiger partial charge in [0.05, 0.1) is 0 Å². The molecule has 1 fully saturated rings. The fraction of sp³-hybridized carbons (Fsp3) is 1.00. The molecule has 1 saturated carbocycles. The van der Waals surface area contributed by atoms with E-state index in [1.807, 2.05) is 13.8 Å². The van der Waals surface area contributed by atoms with E-state index in [1.165, 1.54) is 38.5 Å². The highest BCUT2D eigenvalue weighted by Gasteiger charge is 2.09. The van der Waals surface area contributed by atoms with Crippen LogP contribution in [0.5, 0.6) is 0 Å². The molecule has 0 aromatic carbocycles. The Morgan fingerprint density at radius 1 is 0.917 bits per heavy atom. The van der Waals surface area contributed by atoms with Crippen LogP contribution in [0.1, 0.15) is 74.1 Å². The zero-order chi connectivity index (χ0) is 7.82. The van der Waals surface area contributed by atoms with Crippen molar-refractivity contribution < 1.29 is 0 Å². The minimum atomic E-state index is 0. The average Bonchev–Trinajstić information content (AvgIpc) is 2.10. The summed E-state index contributed by atoms with van der Waals surface area (Å²) in [5.74, 6) is 1.09. The highest BCUT2D eigenvalue weighted by Crippen LogP contribution is 2.25. The summed E-state index contributed by atoms with van der Waals surface area (Å²) in [4.78, 5) is 0. The number of hydrogen-bond acceptors (Lipinski definition) is 0. The molecule has 1 rings (SSSR count). The van der Waals surface area contributed by atoms with Gasteiger partial charge in [0.2, 0.25) is 0 Å². The van der Waals surface area contributed by atoms with Crippen LogP contribution in [0.15, 0.2) is 0 Å². The second-order valence-corrected chi connectivity index (χ2v) is 2.91. The van der Waals surface area contributed by atoms with E-state index in [1.54, 1.807) is 0 Å². The van der Waals surface area contributed by atoms with Gasteiger partial charge in [0.15, 0.2) is 0 Å². The van der Waals surface area contributed by atoms with Crippen LogP contribution in [-0.4, -0.2) is 0 Å². The first-order valence-electron chi connectivity index (χ1n) is 4.93. The molecular weight excluding hydrogens is 144 g/mol. The number of rotatable bonds is 1. The van der Waals surface area contributed by atoms with Gasteiger partial charge in [-0.15, -0.1) is 0 Å². The van der Waals surface area contributed by atoms with E-state index < -0.39 is 0 Å². The molecule has 1 aliphatic rings. The first kappa shape index (κ1) is 17.9. The third-order valence-corrected chi connectivity index (χ3v) is 2.30. The molecule has 0 aromatic rings.